The number of anilines is 1. The maximum absolute atomic E-state index is 5.97. The number of fused-ring (bicyclic) bond motifs is 1. The van der Waals surface area contributed by atoms with Crippen LogP contribution in [0.15, 0.2) is 17.0 Å². The van der Waals surface area contributed by atoms with Gasteiger partial charge in [0.2, 0.25) is 0 Å². The minimum absolute atomic E-state index is 0.131. The fraction of sp³-hybridized carbons (Fsp3) is 0.429. The van der Waals surface area contributed by atoms with Gasteiger partial charge in [0, 0.05) is 9.64 Å². The molecule has 0 unspecified atom stereocenters. The number of thioether (sulfide) groups is 1. The minimum atomic E-state index is 0.131. The third kappa shape index (κ3) is 3.10. The van der Waals surface area contributed by atoms with Crippen molar-refractivity contribution in [3.05, 3.63) is 18.0 Å². The molecule has 0 atom stereocenters. The van der Waals surface area contributed by atoms with E-state index in [0.29, 0.717) is 11.6 Å². The summed E-state index contributed by atoms with van der Waals surface area (Å²) in [4.78, 5) is 9.77. The Kier molecular flexibility index (Phi) is 3.58. The lowest BCUT2D eigenvalue weighted by Gasteiger charge is -2.18. The zero-order valence-electron chi connectivity index (χ0n) is 11.9. The van der Waals surface area contributed by atoms with Crippen LogP contribution in [0.2, 0.25) is 0 Å². The van der Waals surface area contributed by atoms with Crippen LogP contribution in [0.5, 0.6) is 5.75 Å². The predicted molar refractivity (Wildman–Crippen MR) is 80.8 cm³/mol. The second kappa shape index (κ2) is 4.89. The lowest BCUT2D eigenvalue weighted by atomic mass is 10.2. The monoisotopic (exact) mass is 277 g/mol. The summed E-state index contributed by atoms with van der Waals surface area (Å²) in [6, 6.07) is 4.03. The normalized spacial score (nSPS) is 11.8. The number of ether oxygens (including phenoxy) is 1. The molecule has 0 radical (unpaired) electrons. The molecule has 0 amide bonds. The van der Waals surface area contributed by atoms with E-state index in [2.05, 4.69) is 30.7 Å². The molecule has 0 saturated heterocycles. The average Bonchev–Trinajstić information content (AvgIpc) is 2.24. The molecule has 1 aromatic carbocycles. The molecule has 2 aromatic rings. The van der Waals surface area contributed by atoms with Crippen molar-refractivity contribution in [3.63, 3.8) is 0 Å². The van der Waals surface area contributed by atoms with Crippen molar-refractivity contribution in [2.45, 2.75) is 37.3 Å². The molecule has 0 saturated carbocycles. The zero-order valence-corrected chi connectivity index (χ0v) is 12.8. The standard InChI is InChI=1S/C14H19N3OS/c1-8-16-10-6-9(19-14(2,3)4)7-11(18-5)12(10)13(15)17-8/h6-7H,1-5H3,(H2,15,16,17). The smallest absolute Gasteiger partial charge is 0.138 e. The van der Waals surface area contributed by atoms with Crippen LogP contribution >= 0.6 is 11.8 Å². The number of nitrogen functional groups attached to an aromatic ring is 1. The van der Waals surface area contributed by atoms with Gasteiger partial charge in [-0.1, -0.05) is 20.8 Å². The first-order valence-corrected chi connectivity index (χ1v) is 6.92. The number of aromatic nitrogens is 2. The molecule has 2 N–H and O–H groups in total. The summed E-state index contributed by atoms with van der Waals surface area (Å²) >= 11 is 1.78. The molecule has 0 fully saturated rings. The van der Waals surface area contributed by atoms with Gasteiger partial charge in [-0.15, -0.1) is 11.8 Å². The highest BCUT2D eigenvalue weighted by molar-refractivity contribution is 8.00. The van der Waals surface area contributed by atoms with E-state index in [9.17, 15) is 0 Å². The highest BCUT2D eigenvalue weighted by Crippen LogP contribution is 2.38. The summed E-state index contributed by atoms with van der Waals surface area (Å²) in [5, 5.41) is 0.784. The highest BCUT2D eigenvalue weighted by atomic mass is 32.2. The summed E-state index contributed by atoms with van der Waals surface area (Å²) < 4.78 is 5.56. The Morgan fingerprint density at radius 2 is 1.89 bits per heavy atom. The van der Waals surface area contributed by atoms with Crippen LogP contribution in [0.3, 0.4) is 0 Å². The van der Waals surface area contributed by atoms with Crippen molar-refractivity contribution in [3.8, 4) is 5.75 Å². The maximum atomic E-state index is 5.97. The SMILES string of the molecule is COc1cc(SC(C)(C)C)cc2nc(C)nc(N)c12. The number of aryl methyl sites for hydroxylation is 1. The Balaban J connectivity index is 2.65. The summed E-state index contributed by atoms with van der Waals surface area (Å²) in [5.41, 5.74) is 6.80. The van der Waals surface area contributed by atoms with Gasteiger partial charge in [0.15, 0.2) is 0 Å². The van der Waals surface area contributed by atoms with E-state index in [-0.39, 0.29) is 4.75 Å². The molecule has 0 aliphatic carbocycles. The molecular weight excluding hydrogens is 258 g/mol. The van der Waals surface area contributed by atoms with Gasteiger partial charge in [0.05, 0.1) is 18.0 Å². The number of hydrogen-bond acceptors (Lipinski definition) is 5. The molecule has 0 aliphatic heterocycles. The first kappa shape index (κ1) is 13.9. The fourth-order valence-corrected chi connectivity index (χ4v) is 2.97. The highest BCUT2D eigenvalue weighted by Gasteiger charge is 2.16. The number of rotatable bonds is 2. The van der Waals surface area contributed by atoms with Crippen LogP contribution in [0.1, 0.15) is 26.6 Å². The van der Waals surface area contributed by atoms with E-state index >= 15 is 0 Å². The maximum Gasteiger partial charge on any atom is 0.138 e. The Bertz CT molecular complexity index is 620. The van der Waals surface area contributed by atoms with E-state index in [1.54, 1.807) is 18.9 Å². The molecular formula is C14H19N3OS. The van der Waals surface area contributed by atoms with Gasteiger partial charge in [-0.3, -0.25) is 0 Å². The van der Waals surface area contributed by atoms with Crippen molar-refractivity contribution >= 4 is 28.5 Å². The van der Waals surface area contributed by atoms with Crippen LogP contribution in [-0.2, 0) is 0 Å². The largest absolute Gasteiger partial charge is 0.496 e. The Labute approximate surface area is 117 Å². The van der Waals surface area contributed by atoms with Crippen LogP contribution in [0.4, 0.5) is 5.82 Å². The lowest BCUT2D eigenvalue weighted by Crippen LogP contribution is -2.07. The Morgan fingerprint density at radius 1 is 1.21 bits per heavy atom. The van der Waals surface area contributed by atoms with Crippen molar-refractivity contribution < 1.29 is 4.74 Å². The average molecular weight is 277 g/mol. The van der Waals surface area contributed by atoms with Gasteiger partial charge in [-0.25, -0.2) is 9.97 Å². The van der Waals surface area contributed by atoms with Gasteiger partial charge in [-0.2, -0.15) is 0 Å². The van der Waals surface area contributed by atoms with Crippen LogP contribution in [0.25, 0.3) is 10.9 Å². The van der Waals surface area contributed by atoms with Crippen LogP contribution in [0, 0.1) is 6.92 Å². The molecule has 4 nitrogen and oxygen atoms in total. The van der Waals surface area contributed by atoms with Gasteiger partial charge in [0.1, 0.15) is 17.4 Å². The van der Waals surface area contributed by atoms with Gasteiger partial charge < -0.3 is 10.5 Å². The summed E-state index contributed by atoms with van der Waals surface area (Å²) in [6.45, 7) is 8.36. The summed E-state index contributed by atoms with van der Waals surface area (Å²) in [6.07, 6.45) is 0. The van der Waals surface area contributed by atoms with E-state index in [4.69, 9.17) is 10.5 Å². The number of hydrogen-bond donors (Lipinski definition) is 1. The van der Waals surface area contributed by atoms with Crippen molar-refractivity contribution in [2.24, 2.45) is 0 Å². The third-order valence-electron chi connectivity index (χ3n) is 2.52. The molecule has 1 heterocycles. The van der Waals surface area contributed by atoms with Crippen LogP contribution in [-0.4, -0.2) is 21.8 Å². The number of nitrogens with two attached hydrogens (primary N) is 1. The third-order valence-corrected chi connectivity index (χ3v) is 3.60. The quantitative estimate of drug-likeness (QED) is 0.852. The summed E-state index contributed by atoms with van der Waals surface area (Å²) in [7, 11) is 1.64. The molecule has 19 heavy (non-hydrogen) atoms. The fourth-order valence-electron chi connectivity index (χ4n) is 1.92. The van der Waals surface area contributed by atoms with Crippen molar-refractivity contribution in [2.75, 3.05) is 12.8 Å². The molecule has 1 aromatic heterocycles. The molecule has 0 bridgehead atoms. The van der Waals surface area contributed by atoms with Gasteiger partial charge in [-0.05, 0) is 19.1 Å². The van der Waals surface area contributed by atoms with Crippen LogP contribution < -0.4 is 10.5 Å². The molecule has 5 heteroatoms. The van der Waals surface area contributed by atoms with Crippen molar-refractivity contribution in [1.29, 1.82) is 0 Å². The number of benzene rings is 1. The topological polar surface area (TPSA) is 61.0 Å². The van der Waals surface area contributed by atoms with Gasteiger partial charge in [0.25, 0.3) is 0 Å². The molecule has 0 spiro atoms. The van der Waals surface area contributed by atoms with E-state index in [1.165, 1.54) is 0 Å². The molecule has 102 valence electrons. The predicted octanol–water partition coefficient (Wildman–Crippen LogP) is 3.42. The minimum Gasteiger partial charge on any atom is -0.496 e. The zero-order chi connectivity index (χ0) is 14.2. The van der Waals surface area contributed by atoms with E-state index < -0.39 is 0 Å². The first-order chi connectivity index (χ1) is 8.80. The Morgan fingerprint density at radius 3 is 2.47 bits per heavy atom. The number of methoxy groups -OCH3 is 1. The van der Waals surface area contributed by atoms with E-state index in [0.717, 1.165) is 21.5 Å². The Hall–Kier alpha value is -1.49. The lowest BCUT2D eigenvalue weighted by molar-refractivity contribution is 0.418. The molecule has 2 rings (SSSR count). The van der Waals surface area contributed by atoms with Gasteiger partial charge >= 0.3 is 0 Å². The van der Waals surface area contributed by atoms with E-state index in [1.807, 2.05) is 19.1 Å². The molecule has 0 aliphatic rings. The second-order valence-corrected chi connectivity index (χ2v) is 7.29. The summed E-state index contributed by atoms with van der Waals surface area (Å²) in [5.74, 6) is 1.86. The van der Waals surface area contributed by atoms with Crippen molar-refractivity contribution in [1.82, 2.24) is 9.97 Å². The second-order valence-electron chi connectivity index (χ2n) is 5.39. The first-order valence-electron chi connectivity index (χ1n) is 6.11. The number of nitrogens with zero attached hydrogens (tertiary/aromatic N) is 2.